The summed E-state index contributed by atoms with van der Waals surface area (Å²) in [5.41, 5.74) is 11.4. The normalized spacial score (nSPS) is 11.5. The SMILES string of the molecule is Cc1cc(C(C)C)cc(CC(C)C)c1CN. The third kappa shape index (κ3) is 3.08. The van der Waals surface area contributed by atoms with Gasteiger partial charge in [-0.25, -0.2) is 0 Å². The predicted octanol–water partition coefficient (Wildman–Crippen LogP) is 3.78. The first-order valence-electron chi connectivity index (χ1n) is 6.28. The third-order valence-electron chi connectivity index (χ3n) is 3.09. The molecule has 0 spiro atoms. The minimum Gasteiger partial charge on any atom is -0.326 e. The Balaban J connectivity index is 3.19. The van der Waals surface area contributed by atoms with Crippen molar-refractivity contribution in [1.82, 2.24) is 0 Å². The molecule has 0 saturated carbocycles. The summed E-state index contributed by atoms with van der Waals surface area (Å²) in [6.45, 7) is 11.9. The second-order valence-corrected chi connectivity index (χ2v) is 5.43. The minimum atomic E-state index is 0.594. The van der Waals surface area contributed by atoms with Crippen molar-refractivity contribution in [3.63, 3.8) is 0 Å². The van der Waals surface area contributed by atoms with Gasteiger partial charge in [0, 0.05) is 6.54 Å². The van der Waals surface area contributed by atoms with Crippen molar-refractivity contribution in [2.24, 2.45) is 11.7 Å². The molecule has 0 fully saturated rings. The van der Waals surface area contributed by atoms with Gasteiger partial charge >= 0.3 is 0 Å². The molecule has 0 heterocycles. The van der Waals surface area contributed by atoms with Gasteiger partial charge in [-0.2, -0.15) is 0 Å². The fourth-order valence-electron chi connectivity index (χ4n) is 2.17. The van der Waals surface area contributed by atoms with Crippen LogP contribution in [0.15, 0.2) is 12.1 Å². The summed E-state index contributed by atoms with van der Waals surface area (Å²) >= 11 is 0. The van der Waals surface area contributed by atoms with Crippen molar-refractivity contribution in [2.45, 2.75) is 53.5 Å². The lowest BCUT2D eigenvalue weighted by atomic mass is 9.89. The van der Waals surface area contributed by atoms with E-state index in [1.807, 2.05) is 0 Å². The van der Waals surface area contributed by atoms with Crippen molar-refractivity contribution in [1.29, 1.82) is 0 Å². The van der Waals surface area contributed by atoms with E-state index in [4.69, 9.17) is 5.73 Å². The Morgan fingerprint density at radius 3 is 2.19 bits per heavy atom. The molecule has 1 aromatic rings. The average molecular weight is 219 g/mol. The summed E-state index contributed by atoms with van der Waals surface area (Å²) in [6.07, 6.45) is 1.13. The molecule has 2 N–H and O–H groups in total. The largest absolute Gasteiger partial charge is 0.326 e. The molecule has 0 aliphatic carbocycles. The molecule has 0 bridgehead atoms. The van der Waals surface area contributed by atoms with Crippen molar-refractivity contribution >= 4 is 0 Å². The Bertz CT molecular complexity index is 351. The van der Waals surface area contributed by atoms with Crippen LogP contribution >= 0.6 is 0 Å². The molecule has 0 radical (unpaired) electrons. The highest BCUT2D eigenvalue weighted by Crippen LogP contribution is 2.24. The Morgan fingerprint density at radius 1 is 1.12 bits per heavy atom. The van der Waals surface area contributed by atoms with Gasteiger partial charge in [-0.15, -0.1) is 0 Å². The van der Waals surface area contributed by atoms with Crippen LogP contribution in [0.25, 0.3) is 0 Å². The number of rotatable bonds is 4. The van der Waals surface area contributed by atoms with E-state index in [2.05, 4.69) is 46.8 Å². The zero-order valence-corrected chi connectivity index (χ0v) is 11.3. The van der Waals surface area contributed by atoms with Crippen LogP contribution < -0.4 is 5.73 Å². The van der Waals surface area contributed by atoms with E-state index < -0.39 is 0 Å². The molecule has 90 valence electrons. The number of aryl methyl sites for hydroxylation is 1. The molecule has 0 aliphatic heterocycles. The van der Waals surface area contributed by atoms with E-state index in [0.29, 0.717) is 18.4 Å². The van der Waals surface area contributed by atoms with Gasteiger partial charge in [0.2, 0.25) is 0 Å². The van der Waals surface area contributed by atoms with Crippen LogP contribution in [0.3, 0.4) is 0 Å². The van der Waals surface area contributed by atoms with E-state index in [-0.39, 0.29) is 0 Å². The predicted molar refractivity (Wildman–Crippen MR) is 71.7 cm³/mol. The fourth-order valence-corrected chi connectivity index (χ4v) is 2.17. The molecule has 1 rings (SSSR count). The van der Waals surface area contributed by atoms with Gasteiger partial charge in [-0.1, -0.05) is 39.8 Å². The molecule has 0 unspecified atom stereocenters. The van der Waals surface area contributed by atoms with E-state index >= 15 is 0 Å². The lowest BCUT2D eigenvalue weighted by Gasteiger charge is -2.17. The number of nitrogens with two attached hydrogens (primary N) is 1. The van der Waals surface area contributed by atoms with Crippen molar-refractivity contribution in [3.8, 4) is 0 Å². The van der Waals surface area contributed by atoms with E-state index in [1.54, 1.807) is 0 Å². The molecule has 1 nitrogen and oxygen atoms in total. The molecular weight excluding hydrogens is 194 g/mol. The van der Waals surface area contributed by atoms with Gasteiger partial charge in [-0.3, -0.25) is 0 Å². The smallest absolute Gasteiger partial charge is 0.0183 e. The highest BCUT2D eigenvalue weighted by molar-refractivity contribution is 5.40. The number of benzene rings is 1. The van der Waals surface area contributed by atoms with E-state index in [9.17, 15) is 0 Å². The molecule has 0 aromatic heterocycles. The van der Waals surface area contributed by atoms with Crippen molar-refractivity contribution < 1.29 is 0 Å². The molecule has 1 aromatic carbocycles. The van der Waals surface area contributed by atoms with Crippen molar-refractivity contribution in [2.75, 3.05) is 0 Å². The van der Waals surface area contributed by atoms with Crippen LogP contribution in [-0.4, -0.2) is 0 Å². The monoisotopic (exact) mass is 219 g/mol. The molecule has 1 heteroatoms. The quantitative estimate of drug-likeness (QED) is 0.819. The maximum atomic E-state index is 5.85. The maximum absolute atomic E-state index is 5.85. The number of hydrogen-bond donors (Lipinski definition) is 1. The van der Waals surface area contributed by atoms with Gasteiger partial charge in [0.1, 0.15) is 0 Å². The first-order chi connectivity index (χ1) is 7.45. The standard InChI is InChI=1S/C15H25N/c1-10(2)6-14-8-13(11(3)4)7-12(5)15(14)9-16/h7-8,10-11H,6,9,16H2,1-5H3. The molecule has 0 atom stereocenters. The summed E-state index contributed by atoms with van der Waals surface area (Å²) in [7, 11) is 0. The van der Waals surface area contributed by atoms with Gasteiger partial charge in [0.05, 0.1) is 0 Å². The highest BCUT2D eigenvalue weighted by Gasteiger charge is 2.10. The van der Waals surface area contributed by atoms with Crippen LogP contribution in [0, 0.1) is 12.8 Å². The van der Waals surface area contributed by atoms with Crippen LogP contribution in [0.4, 0.5) is 0 Å². The Labute approximate surface area is 100 Å². The maximum Gasteiger partial charge on any atom is 0.0183 e. The molecular formula is C15H25N. The topological polar surface area (TPSA) is 26.0 Å². The fraction of sp³-hybridized carbons (Fsp3) is 0.600. The summed E-state index contributed by atoms with van der Waals surface area (Å²) in [5, 5.41) is 0. The van der Waals surface area contributed by atoms with Crippen molar-refractivity contribution in [3.05, 3.63) is 34.4 Å². The first kappa shape index (κ1) is 13.2. The molecule has 0 aliphatic rings. The lowest BCUT2D eigenvalue weighted by Crippen LogP contribution is -2.08. The molecule has 0 amide bonds. The lowest BCUT2D eigenvalue weighted by molar-refractivity contribution is 0.640. The second-order valence-electron chi connectivity index (χ2n) is 5.43. The van der Waals surface area contributed by atoms with E-state index in [1.165, 1.54) is 22.3 Å². The molecule has 16 heavy (non-hydrogen) atoms. The Kier molecular flexibility index (Phi) is 4.55. The summed E-state index contributed by atoms with van der Waals surface area (Å²) < 4.78 is 0. The minimum absolute atomic E-state index is 0.594. The Morgan fingerprint density at radius 2 is 1.75 bits per heavy atom. The Hall–Kier alpha value is -0.820. The third-order valence-corrected chi connectivity index (χ3v) is 3.09. The zero-order chi connectivity index (χ0) is 12.3. The number of hydrogen-bond acceptors (Lipinski definition) is 1. The summed E-state index contributed by atoms with van der Waals surface area (Å²) in [6, 6.07) is 4.64. The van der Waals surface area contributed by atoms with Gasteiger partial charge in [0.25, 0.3) is 0 Å². The van der Waals surface area contributed by atoms with E-state index in [0.717, 1.165) is 6.42 Å². The van der Waals surface area contributed by atoms with Crippen LogP contribution in [-0.2, 0) is 13.0 Å². The average Bonchev–Trinajstić information content (AvgIpc) is 2.16. The summed E-state index contributed by atoms with van der Waals surface area (Å²) in [4.78, 5) is 0. The zero-order valence-electron chi connectivity index (χ0n) is 11.3. The van der Waals surface area contributed by atoms with Gasteiger partial charge < -0.3 is 5.73 Å². The van der Waals surface area contributed by atoms with Crippen LogP contribution in [0.2, 0.25) is 0 Å². The highest BCUT2D eigenvalue weighted by atomic mass is 14.5. The van der Waals surface area contributed by atoms with Crippen LogP contribution in [0.5, 0.6) is 0 Å². The van der Waals surface area contributed by atoms with Gasteiger partial charge in [-0.05, 0) is 47.4 Å². The second kappa shape index (κ2) is 5.49. The summed E-state index contributed by atoms with van der Waals surface area (Å²) in [5.74, 6) is 1.28. The van der Waals surface area contributed by atoms with Crippen LogP contribution in [0.1, 0.15) is 55.9 Å². The molecule has 0 saturated heterocycles. The first-order valence-corrected chi connectivity index (χ1v) is 6.28. The van der Waals surface area contributed by atoms with Gasteiger partial charge in [0.15, 0.2) is 0 Å².